The van der Waals surface area contributed by atoms with Gasteiger partial charge >= 0.3 is 0 Å². The number of aliphatic hydroxyl groups excluding tert-OH is 2. The van der Waals surface area contributed by atoms with E-state index < -0.39 is 12.2 Å². The van der Waals surface area contributed by atoms with E-state index in [2.05, 4.69) is 41.8 Å². The van der Waals surface area contributed by atoms with Gasteiger partial charge in [0.15, 0.2) is 5.82 Å². The molecule has 6 heteroatoms. The number of aliphatic hydroxyl groups is 2. The van der Waals surface area contributed by atoms with Crippen LogP contribution in [-0.2, 0) is 0 Å². The second kappa shape index (κ2) is 5.75. The van der Waals surface area contributed by atoms with E-state index >= 15 is 0 Å². The van der Waals surface area contributed by atoms with Crippen LogP contribution in [-0.4, -0.2) is 31.6 Å². The van der Waals surface area contributed by atoms with E-state index in [1.54, 1.807) is 0 Å². The predicted octanol–water partition coefficient (Wildman–Crippen LogP) is 1.42. The van der Waals surface area contributed by atoms with E-state index in [1.807, 2.05) is 0 Å². The van der Waals surface area contributed by atoms with Crippen molar-refractivity contribution in [1.29, 1.82) is 0 Å². The maximum Gasteiger partial charge on any atom is 0.159 e. The minimum absolute atomic E-state index is 0.238. The summed E-state index contributed by atoms with van der Waals surface area (Å²) in [5.74, 6) is 0.238. The van der Waals surface area contributed by atoms with Crippen molar-refractivity contribution in [3.05, 3.63) is 22.7 Å². The molecule has 0 aliphatic heterocycles. The fourth-order valence-corrected chi connectivity index (χ4v) is 1.59. The fourth-order valence-electron chi connectivity index (χ4n) is 0.917. The van der Waals surface area contributed by atoms with Gasteiger partial charge in [-0.25, -0.2) is 9.97 Å². The Morgan fingerprint density at radius 1 is 1.29 bits per heavy atom. The smallest absolute Gasteiger partial charge is 0.159 e. The number of hydrogen-bond donors (Lipinski definition) is 2. The molecule has 1 aromatic rings. The van der Waals surface area contributed by atoms with Gasteiger partial charge in [0.25, 0.3) is 0 Å². The zero-order valence-electron chi connectivity index (χ0n) is 7.27. The summed E-state index contributed by atoms with van der Waals surface area (Å²) in [5, 5.41) is 19.7. The molecule has 14 heavy (non-hydrogen) atoms. The molecule has 78 valence electrons. The van der Waals surface area contributed by atoms with Gasteiger partial charge < -0.3 is 10.2 Å². The van der Waals surface area contributed by atoms with Crippen LogP contribution in [0.3, 0.4) is 0 Å². The Bertz CT molecular complexity index is 281. The minimum Gasteiger partial charge on any atom is -0.390 e. The van der Waals surface area contributed by atoms with Crippen LogP contribution in [0.25, 0.3) is 0 Å². The van der Waals surface area contributed by atoms with Crippen molar-refractivity contribution >= 4 is 31.9 Å². The molecule has 4 nitrogen and oxygen atoms in total. The van der Waals surface area contributed by atoms with Crippen LogP contribution < -0.4 is 0 Å². The van der Waals surface area contributed by atoms with E-state index in [0.717, 1.165) is 4.47 Å². The maximum absolute atomic E-state index is 9.60. The summed E-state index contributed by atoms with van der Waals surface area (Å²) in [6.45, 7) is 0. The van der Waals surface area contributed by atoms with E-state index in [1.165, 1.54) is 12.4 Å². The first-order chi connectivity index (χ1) is 6.65. The Balaban J connectivity index is 2.68. The lowest BCUT2D eigenvalue weighted by molar-refractivity contribution is 0.0120. The van der Waals surface area contributed by atoms with Crippen molar-refractivity contribution in [3.8, 4) is 0 Å². The number of hydrogen-bond acceptors (Lipinski definition) is 4. The van der Waals surface area contributed by atoms with Crippen LogP contribution >= 0.6 is 31.9 Å². The molecule has 2 N–H and O–H groups in total. The lowest BCUT2D eigenvalue weighted by Crippen LogP contribution is -2.20. The Labute approximate surface area is 98.7 Å². The van der Waals surface area contributed by atoms with E-state index in [-0.39, 0.29) is 5.82 Å². The van der Waals surface area contributed by atoms with Crippen LogP contribution in [0, 0.1) is 0 Å². The molecular weight excluding hydrogens is 316 g/mol. The highest BCUT2D eigenvalue weighted by Crippen LogP contribution is 2.16. The van der Waals surface area contributed by atoms with Crippen molar-refractivity contribution in [3.63, 3.8) is 0 Å². The lowest BCUT2D eigenvalue weighted by Gasteiger charge is -2.14. The maximum atomic E-state index is 9.60. The van der Waals surface area contributed by atoms with Gasteiger partial charge in [0.2, 0.25) is 0 Å². The van der Waals surface area contributed by atoms with Crippen LogP contribution in [0.4, 0.5) is 0 Å². The molecule has 1 rings (SSSR count). The Hall–Kier alpha value is -0.0400. The first-order valence-electron chi connectivity index (χ1n) is 4.04. The largest absolute Gasteiger partial charge is 0.390 e. The molecule has 0 fully saturated rings. The Kier molecular flexibility index (Phi) is 4.94. The summed E-state index contributed by atoms with van der Waals surface area (Å²) in [4.78, 5) is 7.80. The van der Waals surface area contributed by atoms with Crippen molar-refractivity contribution in [1.82, 2.24) is 9.97 Å². The first kappa shape index (κ1) is 12.0. The summed E-state index contributed by atoms with van der Waals surface area (Å²) in [5.41, 5.74) is 0. The predicted molar refractivity (Wildman–Crippen MR) is 59.1 cm³/mol. The van der Waals surface area contributed by atoms with Crippen molar-refractivity contribution in [2.45, 2.75) is 18.6 Å². The summed E-state index contributed by atoms with van der Waals surface area (Å²) in [7, 11) is 0. The van der Waals surface area contributed by atoms with Crippen LogP contribution in [0.15, 0.2) is 16.9 Å². The average molecular weight is 326 g/mol. The number of rotatable bonds is 4. The average Bonchev–Trinajstić information content (AvgIpc) is 2.18. The molecule has 2 atom stereocenters. The highest BCUT2D eigenvalue weighted by molar-refractivity contribution is 9.10. The molecule has 0 aromatic carbocycles. The number of aromatic nitrogens is 2. The molecule has 0 saturated heterocycles. The second-order valence-electron chi connectivity index (χ2n) is 2.75. The monoisotopic (exact) mass is 324 g/mol. The Morgan fingerprint density at radius 2 is 1.86 bits per heavy atom. The molecule has 0 aliphatic rings. The van der Waals surface area contributed by atoms with Crippen LogP contribution in [0.5, 0.6) is 0 Å². The van der Waals surface area contributed by atoms with Gasteiger partial charge in [-0.3, -0.25) is 0 Å². The zero-order valence-corrected chi connectivity index (χ0v) is 10.4. The van der Waals surface area contributed by atoms with Crippen molar-refractivity contribution in [2.24, 2.45) is 0 Å². The van der Waals surface area contributed by atoms with Crippen LogP contribution in [0.1, 0.15) is 18.3 Å². The Morgan fingerprint density at radius 3 is 2.36 bits per heavy atom. The molecule has 0 amide bonds. The van der Waals surface area contributed by atoms with Crippen LogP contribution in [0.2, 0.25) is 0 Å². The van der Waals surface area contributed by atoms with Gasteiger partial charge in [-0.2, -0.15) is 0 Å². The van der Waals surface area contributed by atoms with Gasteiger partial charge in [-0.05, 0) is 22.4 Å². The van der Waals surface area contributed by atoms with E-state index in [9.17, 15) is 10.2 Å². The number of alkyl halides is 1. The standard InChI is InChI=1S/C8H10Br2N2O2/c9-2-1-6(13)7(14)8-11-3-5(10)4-12-8/h3-4,6-7,13-14H,1-2H2. The highest BCUT2D eigenvalue weighted by atomic mass is 79.9. The third-order valence-corrected chi connectivity index (χ3v) is 2.54. The first-order valence-corrected chi connectivity index (χ1v) is 5.96. The fraction of sp³-hybridized carbons (Fsp3) is 0.500. The molecule has 0 saturated carbocycles. The lowest BCUT2D eigenvalue weighted by atomic mass is 10.1. The minimum atomic E-state index is -1.03. The molecule has 1 heterocycles. The number of halogens is 2. The van der Waals surface area contributed by atoms with Gasteiger partial charge in [0.1, 0.15) is 6.10 Å². The molecule has 0 spiro atoms. The quantitative estimate of drug-likeness (QED) is 0.822. The van der Waals surface area contributed by atoms with E-state index in [0.29, 0.717) is 11.8 Å². The zero-order chi connectivity index (χ0) is 10.6. The molecule has 2 unspecified atom stereocenters. The summed E-state index contributed by atoms with van der Waals surface area (Å²) in [6, 6.07) is 0. The third-order valence-electron chi connectivity index (χ3n) is 1.67. The molecular formula is C8H10Br2N2O2. The van der Waals surface area contributed by atoms with Crippen molar-refractivity contribution < 1.29 is 10.2 Å². The summed E-state index contributed by atoms with van der Waals surface area (Å²) >= 11 is 6.37. The molecule has 0 aliphatic carbocycles. The van der Waals surface area contributed by atoms with E-state index in [4.69, 9.17) is 0 Å². The summed E-state index contributed by atoms with van der Waals surface area (Å²) in [6.07, 6.45) is 1.66. The van der Waals surface area contributed by atoms with Gasteiger partial charge in [-0.15, -0.1) is 0 Å². The van der Waals surface area contributed by atoms with Crippen molar-refractivity contribution in [2.75, 3.05) is 5.33 Å². The molecule has 0 bridgehead atoms. The normalized spacial score (nSPS) is 15.1. The van der Waals surface area contributed by atoms with Gasteiger partial charge in [0, 0.05) is 17.7 Å². The summed E-state index contributed by atoms with van der Waals surface area (Å²) < 4.78 is 0.739. The topological polar surface area (TPSA) is 66.2 Å². The highest BCUT2D eigenvalue weighted by Gasteiger charge is 2.19. The second-order valence-corrected chi connectivity index (χ2v) is 4.46. The number of nitrogens with zero attached hydrogens (tertiary/aromatic N) is 2. The third kappa shape index (κ3) is 3.27. The molecule has 1 aromatic heterocycles. The van der Waals surface area contributed by atoms with Gasteiger partial charge in [-0.1, -0.05) is 15.9 Å². The van der Waals surface area contributed by atoms with Gasteiger partial charge in [0.05, 0.1) is 10.6 Å². The SMILES string of the molecule is OC(CCBr)C(O)c1ncc(Br)cn1. The molecule has 0 radical (unpaired) electrons.